The highest BCUT2D eigenvalue weighted by atomic mass is 16.3. The van der Waals surface area contributed by atoms with E-state index in [9.17, 15) is 0 Å². The molecule has 0 unspecified atom stereocenters. The largest absolute Gasteiger partial charge is 0.455 e. The Hall–Kier alpha value is -8.02. The lowest BCUT2D eigenvalue weighted by Gasteiger charge is -2.15. The molecule has 0 saturated carbocycles. The molecule has 12 radical (unpaired) electrons. The molecule has 68 heavy (non-hydrogen) atoms. The van der Waals surface area contributed by atoms with E-state index < -0.39 is 0 Å². The minimum atomic E-state index is 0.330. The average Bonchev–Trinajstić information content (AvgIpc) is 3.95. The minimum Gasteiger partial charge on any atom is -0.455 e. The fourth-order valence-corrected chi connectivity index (χ4v) is 9.62. The summed E-state index contributed by atoms with van der Waals surface area (Å²) in [6, 6.07) is 60.6. The predicted molar refractivity (Wildman–Crippen MR) is 286 cm³/mol. The maximum atomic E-state index is 6.96. The van der Waals surface area contributed by atoms with E-state index in [1.165, 1.54) is 0 Å². The number of hydrogen-bond donors (Lipinski definition) is 0. The van der Waals surface area contributed by atoms with Gasteiger partial charge in [-0.3, -0.25) is 0 Å². The van der Waals surface area contributed by atoms with Crippen LogP contribution in [0.3, 0.4) is 0 Å². The number of benzene rings is 9. The zero-order chi connectivity index (χ0) is 46.2. The number of furan rings is 1. The number of fused-ring (bicyclic) bond motifs is 6. The lowest BCUT2D eigenvalue weighted by Crippen LogP contribution is -2.33. The summed E-state index contributed by atoms with van der Waals surface area (Å²) in [6.45, 7) is 0. The molecule has 0 N–H and O–H groups in total. The molecule has 0 saturated heterocycles. The van der Waals surface area contributed by atoms with Crippen LogP contribution in [0, 0.1) is 0 Å². The highest BCUT2D eigenvalue weighted by Gasteiger charge is 2.24. The van der Waals surface area contributed by atoms with Gasteiger partial charge in [0.25, 0.3) is 0 Å². The highest BCUT2D eigenvalue weighted by Crippen LogP contribution is 2.43. The lowest BCUT2D eigenvalue weighted by molar-refractivity contribution is 0.670. The van der Waals surface area contributed by atoms with Gasteiger partial charge in [0.2, 0.25) is 0 Å². The van der Waals surface area contributed by atoms with Gasteiger partial charge in [0.1, 0.15) is 58.2 Å². The van der Waals surface area contributed by atoms with Crippen LogP contribution in [0.1, 0.15) is 0 Å². The van der Waals surface area contributed by atoms with Crippen molar-refractivity contribution in [2.45, 2.75) is 0 Å². The van der Waals surface area contributed by atoms with Crippen LogP contribution < -0.4 is 32.8 Å². The van der Waals surface area contributed by atoms with Crippen molar-refractivity contribution in [1.29, 1.82) is 0 Å². The maximum Gasteiger partial charge on any atom is 0.164 e. The van der Waals surface area contributed by atoms with Crippen LogP contribution in [-0.4, -0.2) is 66.6 Å². The molecule has 12 rings (SSSR count). The van der Waals surface area contributed by atoms with Crippen molar-refractivity contribution in [3.8, 4) is 73.2 Å². The van der Waals surface area contributed by atoms with Gasteiger partial charge in [0, 0.05) is 49.7 Å². The SMILES string of the molecule is [B]c1cc([B])c2c(c1[B])c1c([B])c([B])cc([B])c1n2-c1cc(-c2ccccc2)c2oc3cc(-c4ccccc4-c4ccccc4-c4nc(-c5ccccc5)nc(-c5ccccc5)n4)ccc3c2c1. The summed E-state index contributed by atoms with van der Waals surface area (Å²) in [5.41, 5.74) is 14.1. The third kappa shape index (κ3) is 6.75. The Bertz CT molecular complexity index is 3860. The van der Waals surface area contributed by atoms with Crippen LogP contribution in [0.25, 0.3) is 117 Å². The van der Waals surface area contributed by atoms with Gasteiger partial charge in [-0.05, 0) is 62.9 Å². The third-order valence-corrected chi connectivity index (χ3v) is 12.8. The van der Waals surface area contributed by atoms with E-state index in [0.29, 0.717) is 77.6 Å². The van der Waals surface area contributed by atoms with Gasteiger partial charge in [-0.15, -0.1) is 10.9 Å². The first-order valence-electron chi connectivity index (χ1n) is 22.1. The fourth-order valence-electron chi connectivity index (χ4n) is 9.62. The van der Waals surface area contributed by atoms with Gasteiger partial charge >= 0.3 is 0 Å². The van der Waals surface area contributed by atoms with Gasteiger partial charge in [0.05, 0.1) is 0 Å². The molecule has 0 bridgehead atoms. The van der Waals surface area contributed by atoms with Crippen LogP contribution in [0.5, 0.6) is 0 Å². The van der Waals surface area contributed by atoms with E-state index in [4.69, 9.17) is 66.4 Å². The fraction of sp³-hybridized carbons (Fsp3) is 0. The van der Waals surface area contributed by atoms with Gasteiger partial charge in [0.15, 0.2) is 17.5 Å². The van der Waals surface area contributed by atoms with Gasteiger partial charge in [-0.25, -0.2) is 15.0 Å². The molecule has 9 aromatic carbocycles. The monoisotopic (exact) mass is 852 g/mol. The van der Waals surface area contributed by atoms with Crippen molar-refractivity contribution < 1.29 is 4.42 Å². The molecular formula is C57H30B6N4O. The number of hydrogen-bond acceptors (Lipinski definition) is 4. The van der Waals surface area contributed by atoms with Crippen molar-refractivity contribution in [3.63, 3.8) is 0 Å². The summed E-state index contributed by atoms with van der Waals surface area (Å²) in [6.07, 6.45) is 0. The molecule has 3 aromatic heterocycles. The molecule has 5 nitrogen and oxygen atoms in total. The smallest absolute Gasteiger partial charge is 0.164 e. The second kappa shape index (κ2) is 16.4. The first kappa shape index (κ1) is 41.4. The Labute approximate surface area is 400 Å². The summed E-state index contributed by atoms with van der Waals surface area (Å²) in [5, 5.41) is 2.97. The Morgan fingerprint density at radius 2 is 0.824 bits per heavy atom. The average molecular weight is 852 g/mol. The van der Waals surface area contributed by atoms with E-state index in [2.05, 4.69) is 78.9 Å². The molecule has 0 aliphatic heterocycles. The molecule has 0 atom stereocenters. The van der Waals surface area contributed by atoms with Gasteiger partial charge in [-0.2, -0.15) is 0 Å². The molecule has 0 aliphatic carbocycles. The van der Waals surface area contributed by atoms with Gasteiger partial charge < -0.3 is 8.98 Å². The maximum absolute atomic E-state index is 6.96. The third-order valence-electron chi connectivity index (χ3n) is 12.8. The van der Waals surface area contributed by atoms with E-state index in [0.717, 1.165) is 72.1 Å². The van der Waals surface area contributed by atoms with Crippen LogP contribution in [0.15, 0.2) is 186 Å². The Morgan fingerprint density at radius 1 is 0.353 bits per heavy atom. The second-order valence-electron chi connectivity index (χ2n) is 16.9. The summed E-state index contributed by atoms with van der Waals surface area (Å²) in [7, 11) is 40.0. The number of nitrogens with zero attached hydrogens (tertiary/aromatic N) is 4. The van der Waals surface area contributed by atoms with Crippen molar-refractivity contribution in [3.05, 3.63) is 182 Å². The quantitative estimate of drug-likeness (QED) is 0.155. The summed E-state index contributed by atoms with van der Waals surface area (Å²) < 4.78 is 8.96. The van der Waals surface area contributed by atoms with Crippen molar-refractivity contribution in [1.82, 2.24) is 19.5 Å². The van der Waals surface area contributed by atoms with Crippen molar-refractivity contribution >= 4 is 124 Å². The van der Waals surface area contributed by atoms with Crippen LogP contribution in [-0.2, 0) is 0 Å². The molecule has 11 heteroatoms. The molecular weight excluding hydrogens is 822 g/mol. The topological polar surface area (TPSA) is 56.7 Å². The lowest BCUT2D eigenvalue weighted by atomic mass is 9.71. The molecule has 0 aliphatic rings. The number of rotatable bonds is 7. The molecule has 0 spiro atoms. The minimum absolute atomic E-state index is 0.330. The second-order valence-corrected chi connectivity index (χ2v) is 16.9. The summed E-state index contributed by atoms with van der Waals surface area (Å²) in [5.74, 6) is 1.77. The molecule has 302 valence electrons. The standard InChI is InChI=1S/C57H30B6N4O/c58-43-29-45(60)52-48(50(43)62)49-51(63)44(59)30-46(61)53(49)67(52)35-27-41(31-14-4-1-5-15-31)54-42(28-35)39-25-24-34(26-47(39)68-54)36-20-10-11-21-37(36)38-22-12-13-23-40(38)57-65-55(32-16-6-2-7-17-32)64-56(66-57)33-18-8-3-9-19-33/h1-30H. The molecule has 0 fully saturated rings. The Kier molecular flexibility index (Phi) is 9.98. The van der Waals surface area contributed by atoms with Crippen molar-refractivity contribution in [2.75, 3.05) is 0 Å². The van der Waals surface area contributed by atoms with Crippen LogP contribution in [0.4, 0.5) is 0 Å². The van der Waals surface area contributed by atoms with E-state index in [1.807, 2.05) is 95.6 Å². The zero-order valence-corrected chi connectivity index (χ0v) is 36.5. The number of aromatic nitrogens is 4. The van der Waals surface area contributed by atoms with E-state index in [-0.39, 0.29) is 0 Å². The molecule has 0 amide bonds. The van der Waals surface area contributed by atoms with Crippen LogP contribution >= 0.6 is 0 Å². The van der Waals surface area contributed by atoms with Crippen molar-refractivity contribution in [2.24, 2.45) is 0 Å². The predicted octanol–water partition coefficient (Wildman–Crippen LogP) is 7.63. The first-order chi connectivity index (χ1) is 33.2. The van der Waals surface area contributed by atoms with Gasteiger partial charge in [-0.1, -0.05) is 180 Å². The van der Waals surface area contributed by atoms with E-state index in [1.54, 1.807) is 12.1 Å². The van der Waals surface area contributed by atoms with E-state index >= 15 is 0 Å². The zero-order valence-electron chi connectivity index (χ0n) is 36.5. The molecule has 12 aromatic rings. The Morgan fingerprint density at radius 3 is 1.38 bits per heavy atom. The highest BCUT2D eigenvalue weighted by molar-refractivity contribution is 6.62. The first-order valence-corrected chi connectivity index (χ1v) is 22.1. The molecule has 3 heterocycles. The summed E-state index contributed by atoms with van der Waals surface area (Å²) >= 11 is 0. The Balaban J connectivity index is 1.05. The normalized spacial score (nSPS) is 11.6. The summed E-state index contributed by atoms with van der Waals surface area (Å²) in [4.78, 5) is 15.1. The van der Waals surface area contributed by atoms with Crippen LogP contribution in [0.2, 0.25) is 0 Å².